The molecule has 0 N–H and O–H groups in total. The molecule has 3 nitrogen and oxygen atoms in total. The average Bonchev–Trinajstić information content (AvgIpc) is 3.53. The van der Waals surface area contributed by atoms with E-state index >= 15 is 0 Å². The van der Waals surface area contributed by atoms with Crippen LogP contribution in [0.5, 0.6) is 0 Å². The molecule has 0 saturated carbocycles. The first-order chi connectivity index (χ1) is 18.3. The van der Waals surface area contributed by atoms with Crippen LogP contribution in [0.25, 0.3) is 72.0 Å². The molecule has 8 aromatic rings. The molecule has 8 rings (SSSR count). The number of fused-ring (bicyclic) bond motifs is 4. The van der Waals surface area contributed by atoms with Gasteiger partial charge in [-0.25, -0.2) is 9.97 Å². The highest BCUT2D eigenvalue weighted by molar-refractivity contribution is 6.13. The summed E-state index contributed by atoms with van der Waals surface area (Å²) in [5, 5.41) is 3.65. The Morgan fingerprint density at radius 1 is 0.486 bits per heavy atom. The van der Waals surface area contributed by atoms with E-state index in [0.29, 0.717) is 0 Å². The highest BCUT2D eigenvalue weighted by Gasteiger charge is 2.18. The lowest BCUT2D eigenvalue weighted by Crippen LogP contribution is -1.87. The van der Waals surface area contributed by atoms with Crippen molar-refractivity contribution in [2.45, 2.75) is 0 Å². The van der Waals surface area contributed by atoms with E-state index in [1.54, 1.807) is 0 Å². The van der Waals surface area contributed by atoms with Gasteiger partial charge in [0.05, 0.1) is 27.9 Å². The molecule has 0 spiro atoms. The third kappa shape index (κ3) is 3.08. The molecule has 0 atom stereocenters. The Kier molecular flexibility index (Phi) is 4.23. The number of hydrogen-bond donors (Lipinski definition) is 0. The Bertz CT molecular complexity index is 2100. The van der Waals surface area contributed by atoms with E-state index in [4.69, 9.17) is 9.97 Å². The Labute approximate surface area is 213 Å². The Balaban J connectivity index is 1.27. The van der Waals surface area contributed by atoms with Gasteiger partial charge in [-0.05, 0) is 47.5 Å². The van der Waals surface area contributed by atoms with E-state index in [-0.39, 0.29) is 0 Å². The third-order valence-electron chi connectivity index (χ3n) is 7.33. The molecule has 0 radical (unpaired) electrons. The SMILES string of the molecule is c1cc(-c2cccc(-c3nc4cccc5c6ccccc6c3n45)c2)cc(-c2ccc3ccccc3n2)c1. The van der Waals surface area contributed by atoms with Crippen molar-refractivity contribution in [1.82, 2.24) is 14.4 Å². The number of imidazole rings is 1. The number of aromatic nitrogens is 3. The molecule has 0 aliphatic carbocycles. The monoisotopic (exact) mass is 471 g/mol. The molecular weight excluding hydrogens is 450 g/mol. The number of rotatable bonds is 3. The van der Waals surface area contributed by atoms with E-state index in [2.05, 4.69) is 120 Å². The van der Waals surface area contributed by atoms with Crippen LogP contribution < -0.4 is 0 Å². The van der Waals surface area contributed by atoms with Gasteiger partial charge in [-0.2, -0.15) is 0 Å². The number of para-hydroxylation sites is 1. The second-order valence-electron chi connectivity index (χ2n) is 9.51. The summed E-state index contributed by atoms with van der Waals surface area (Å²) in [5.74, 6) is 0. The van der Waals surface area contributed by atoms with Gasteiger partial charge in [-0.3, -0.25) is 4.40 Å². The van der Waals surface area contributed by atoms with Crippen molar-refractivity contribution in [1.29, 1.82) is 0 Å². The van der Waals surface area contributed by atoms with Crippen molar-refractivity contribution in [2.24, 2.45) is 0 Å². The average molecular weight is 472 g/mol. The second-order valence-corrected chi connectivity index (χ2v) is 9.51. The van der Waals surface area contributed by atoms with Crippen LogP contribution >= 0.6 is 0 Å². The molecule has 0 bridgehead atoms. The van der Waals surface area contributed by atoms with Crippen LogP contribution in [0.3, 0.4) is 0 Å². The lowest BCUT2D eigenvalue weighted by molar-refractivity contribution is 1.31. The minimum absolute atomic E-state index is 0.980. The highest BCUT2D eigenvalue weighted by atomic mass is 15.0. The first-order valence-corrected chi connectivity index (χ1v) is 12.5. The molecule has 4 aromatic carbocycles. The van der Waals surface area contributed by atoms with E-state index in [0.717, 1.165) is 50.2 Å². The smallest absolute Gasteiger partial charge is 0.138 e. The van der Waals surface area contributed by atoms with Crippen molar-refractivity contribution < 1.29 is 0 Å². The van der Waals surface area contributed by atoms with Crippen LogP contribution in [-0.2, 0) is 0 Å². The molecule has 172 valence electrons. The number of benzene rings is 4. The van der Waals surface area contributed by atoms with Crippen LogP contribution in [0.15, 0.2) is 127 Å². The lowest BCUT2D eigenvalue weighted by Gasteiger charge is -2.08. The van der Waals surface area contributed by atoms with Crippen LogP contribution in [0.2, 0.25) is 0 Å². The van der Waals surface area contributed by atoms with E-state index in [1.165, 1.54) is 21.8 Å². The topological polar surface area (TPSA) is 30.2 Å². The summed E-state index contributed by atoms with van der Waals surface area (Å²) in [6, 6.07) is 44.8. The summed E-state index contributed by atoms with van der Waals surface area (Å²) in [6.07, 6.45) is 0. The lowest BCUT2D eigenvalue weighted by atomic mass is 9.98. The van der Waals surface area contributed by atoms with Crippen LogP contribution in [0.4, 0.5) is 0 Å². The summed E-state index contributed by atoms with van der Waals surface area (Å²) < 4.78 is 2.29. The quantitative estimate of drug-likeness (QED) is 0.258. The Morgan fingerprint density at radius 2 is 1.19 bits per heavy atom. The first kappa shape index (κ1) is 20.2. The van der Waals surface area contributed by atoms with Gasteiger partial charge >= 0.3 is 0 Å². The fourth-order valence-corrected chi connectivity index (χ4v) is 5.60. The molecule has 0 aliphatic rings. The van der Waals surface area contributed by atoms with E-state index in [1.807, 2.05) is 12.1 Å². The zero-order chi connectivity index (χ0) is 24.3. The van der Waals surface area contributed by atoms with Crippen molar-refractivity contribution in [2.75, 3.05) is 0 Å². The van der Waals surface area contributed by atoms with Gasteiger partial charge in [0.2, 0.25) is 0 Å². The number of hydrogen-bond acceptors (Lipinski definition) is 2. The second kappa shape index (κ2) is 7.74. The van der Waals surface area contributed by atoms with Gasteiger partial charge < -0.3 is 0 Å². The minimum atomic E-state index is 0.980. The molecule has 4 aromatic heterocycles. The van der Waals surface area contributed by atoms with Crippen LogP contribution in [0.1, 0.15) is 0 Å². The van der Waals surface area contributed by atoms with Crippen molar-refractivity contribution in [3.05, 3.63) is 127 Å². The standard InChI is InChI=1S/C34H21N3/c1-4-15-29-22(8-1)18-19-30(35-29)25-11-5-9-23(20-25)24-10-6-12-26(21-24)33-34-28-14-3-2-13-27(28)31-16-7-17-32(36-33)37(31)34/h1-21H. The summed E-state index contributed by atoms with van der Waals surface area (Å²) in [4.78, 5) is 9.98. The van der Waals surface area contributed by atoms with Crippen LogP contribution in [0, 0.1) is 0 Å². The Hall–Kier alpha value is -5.02. The molecule has 0 aliphatic heterocycles. The normalized spacial score (nSPS) is 11.8. The minimum Gasteiger partial charge on any atom is -0.292 e. The van der Waals surface area contributed by atoms with Crippen LogP contribution in [-0.4, -0.2) is 14.4 Å². The van der Waals surface area contributed by atoms with Crippen molar-refractivity contribution in [3.63, 3.8) is 0 Å². The van der Waals surface area contributed by atoms with Gasteiger partial charge in [0, 0.05) is 27.3 Å². The molecule has 3 heteroatoms. The maximum Gasteiger partial charge on any atom is 0.138 e. The largest absolute Gasteiger partial charge is 0.292 e. The fourth-order valence-electron chi connectivity index (χ4n) is 5.60. The first-order valence-electron chi connectivity index (χ1n) is 12.5. The summed E-state index contributed by atoms with van der Waals surface area (Å²) in [6.45, 7) is 0. The van der Waals surface area contributed by atoms with Gasteiger partial charge in [-0.1, -0.05) is 91.0 Å². The third-order valence-corrected chi connectivity index (χ3v) is 7.33. The molecule has 0 amide bonds. The zero-order valence-electron chi connectivity index (χ0n) is 20.0. The molecule has 0 unspecified atom stereocenters. The van der Waals surface area contributed by atoms with Crippen molar-refractivity contribution in [3.8, 4) is 33.6 Å². The predicted molar refractivity (Wildman–Crippen MR) is 153 cm³/mol. The number of nitrogens with zero attached hydrogens (tertiary/aromatic N) is 3. The number of pyridine rings is 2. The van der Waals surface area contributed by atoms with E-state index < -0.39 is 0 Å². The summed E-state index contributed by atoms with van der Waals surface area (Å²) in [7, 11) is 0. The molecule has 37 heavy (non-hydrogen) atoms. The fraction of sp³-hybridized carbons (Fsp3) is 0. The summed E-state index contributed by atoms with van der Waals surface area (Å²) >= 11 is 0. The Morgan fingerprint density at radius 3 is 2.08 bits per heavy atom. The predicted octanol–water partition coefficient (Wildman–Crippen LogP) is 8.63. The highest BCUT2D eigenvalue weighted by Crippen LogP contribution is 2.38. The summed E-state index contributed by atoms with van der Waals surface area (Å²) in [5.41, 5.74) is 10.9. The molecular formula is C34H21N3. The zero-order valence-corrected chi connectivity index (χ0v) is 20.0. The van der Waals surface area contributed by atoms with E-state index in [9.17, 15) is 0 Å². The molecule has 4 heterocycles. The maximum atomic E-state index is 5.08. The van der Waals surface area contributed by atoms with Gasteiger partial charge in [-0.15, -0.1) is 0 Å². The van der Waals surface area contributed by atoms with Crippen molar-refractivity contribution >= 4 is 38.4 Å². The maximum absolute atomic E-state index is 5.08. The molecule has 0 saturated heterocycles. The van der Waals surface area contributed by atoms with Gasteiger partial charge in [0.15, 0.2) is 0 Å². The van der Waals surface area contributed by atoms with Gasteiger partial charge in [0.25, 0.3) is 0 Å². The van der Waals surface area contributed by atoms with Gasteiger partial charge in [0.1, 0.15) is 5.65 Å². The molecule has 0 fully saturated rings.